The normalized spacial score (nSPS) is 14.3. The van der Waals surface area contributed by atoms with E-state index in [0.717, 1.165) is 32.7 Å². The molecule has 0 aliphatic rings. The van der Waals surface area contributed by atoms with Crippen LogP contribution in [0.3, 0.4) is 0 Å². The Balaban J connectivity index is 2.20. The van der Waals surface area contributed by atoms with Crippen LogP contribution in [0.2, 0.25) is 0 Å². The third-order valence-electron chi connectivity index (χ3n) is 3.69. The van der Waals surface area contributed by atoms with Crippen molar-refractivity contribution in [2.75, 3.05) is 0 Å². The maximum absolute atomic E-state index is 13.0. The van der Waals surface area contributed by atoms with Crippen molar-refractivity contribution in [3.63, 3.8) is 0 Å². The van der Waals surface area contributed by atoms with Gasteiger partial charge in [-0.15, -0.1) is 0 Å². The molecular formula is C20H24O2Se2. The number of allylic oxidation sites excluding steroid dienone is 1. The zero-order chi connectivity index (χ0) is 17.2. The first-order valence-electron chi connectivity index (χ1n) is 8.35. The molecule has 4 heteroatoms. The Bertz CT molecular complexity index is 694. The number of unbranched alkanes of at least 4 members (excludes halogenated alkanes) is 3. The molecule has 2 aromatic carbocycles. The number of hydrogen-bond acceptors (Lipinski definition) is 2. The summed E-state index contributed by atoms with van der Waals surface area (Å²) in [6, 6.07) is 19.1. The molecule has 0 aliphatic heterocycles. The molecule has 0 N–H and O–H groups in total. The van der Waals surface area contributed by atoms with Gasteiger partial charge in [0.1, 0.15) is 0 Å². The van der Waals surface area contributed by atoms with Crippen molar-refractivity contribution in [1.82, 2.24) is 0 Å². The van der Waals surface area contributed by atoms with E-state index in [4.69, 9.17) is 0 Å². The fraction of sp³-hybridized carbons (Fsp3) is 0.300. The van der Waals surface area contributed by atoms with Crippen molar-refractivity contribution in [3.05, 3.63) is 70.1 Å². The molecule has 2 nitrogen and oxygen atoms in total. The molecule has 2 atom stereocenters. The summed E-state index contributed by atoms with van der Waals surface area (Å²) >= 11 is -4.60. The van der Waals surface area contributed by atoms with Crippen LogP contribution in [0.5, 0.6) is 0 Å². The van der Waals surface area contributed by atoms with Crippen LogP contribution in [0, 0.1) is 0 Å². The molecule has 2 aromatic rings. The summed E-state index contributed by atoms with van der Waals surface area (Å²) in [4.78, 5) is 1.83. The van der Waals surface area contributed by atoms with Gasteiger partial charge >= 0.3 is 153 Å². The summed E-state index contributed by atoms with van der Waals surface area (Å²) in [5.74, 6) is 0. The molecule has 0 aromatic heterocycles. The fourth-order valence-electron chi connectivity index (χ4n) is 2.36. The zero-order valence-corrected chi connectivity index (χ0v) is 17.4. The van der Waals surface area contributed by atoms with E-state index in [9.17, 15) is 7.67 Å². The van der Waals surface area contributed by atoms with Crippen LogP contribution < -0.4 is 8.92 Å². The molecule has 128 valence electrons. The summed E-state index contributed by atoms with van der Waals surface area (Å²) < 4.78 is 28.3. The second-order valence-corrected chi connectivity index (χ2v) is 11.5. The third-order valence-corrected chi connectivity index (χ3v) is 10.2. The Kier molecular flexibility index (Phi) is 8.49. The summed E-state index contributed by atoms with van der Waals surface area (Å²) in [5.41, 5.74) is 0. The van der Waals surface area contributed by atoms with Crippen LogP contribution in [0.4, 0.5) is 0 Å². The molecular weight excluding hydrogens is 430 g/mol. The van der Waals surface area contributed by atoms with E-state index in [1.54, 1.807) is 0 Å². The maximum atomic E-state index is 13.0. The molecule has 0 bridgehead atoms. The number of rotatable bonds is 9. The first-order chi connectivity index (χ1) is 11.7. The van der Waals surface area contributed by atoms with Gasteiger partial charge in [-0.1, -0.05) is 0 Å². The van der Waals surface area contributed by atoms with Gasteiger partial charge < -0.3 is 0 Å². The van der Waals surface area contributed by atoms with Crippen LogP contribution in [-0.4, -0.2) is 27.7 Å². The molecule has 0 fully saturated rings. The summed E-state index contributed by atoms with van der Waals surface area (Å²) in [5, 5.41) is 0. The molecule has 0 saturated carbocycles. The van der Waals surface area contributed by atoms with Crippen molar-refractivity contribution in [2.45, 2.75) is 39.0 Å². The molecule has 0 saturated heterocycles. The third kappa shape index (κ3) is 6.03. The Hall–Kier alpha value is -1.18. The van der Waals surface area contributed by atoms with Gasteiger partial charge in [-0.2, -0.15) is 0 Å². The van der Waals surface area contributed by atoms with E-state index in [2.05, 4.69) is 6.92 Å². The van der Waals surface area contributed by atoms with Crippen LogP contribution in [0.1, 0.15) is 39.0 Å². The quantitative estimate of drug-likeness (QED) is 0.429. The Labute approximate surface area is 153 Å². The summed E-state index contributed by atoms with van der Waals surface area (Å²) in [6.07, 6.45) is 5.31. The second kappa shape index (κ2) is 10.6. The molecule has 0 amide bonds. The summed E-state index contributed by atoms with van der Waals surface area (Å²) in [7, 11) is 0. The van der Waals surface area contributed by atoms with E-state index in [0.29, 0.717) is 0 Å². The number of hydrogen-bond donors (Lipinski definition) is 0. The van der Waals surface area contributed by atoms with E-state index < -0.39 is 27.7 Å². The van der Waals surface area contributed by atoms with E-state index >= 15 is 0 Å². The molecule has 2 rings (SSSR count). The van der Waals surface area contributed by atoms with Gasteiger partial charge in [0.15, 0.2) is 0 Å². The Morgan fingerprint density at radius 3 is 2.00 bits per heavy atom. The van der Waals surface area contributed by atoms with Gasteiger partial charge in [-0.05, 0) is 0 Å². The molecule has 0 spiro atoms. The van der Waals surface area contributed by atoms with Crippen molar-refractivity contribution in [1.29, 1.82) is 0 Å². The van der Waals surface area contributed by atoms with Crippen molar-refractivity contribution in [2.24, 2.45) is 0 Å². The van der Waals surface area contributed by atoms with Gasteiger partial charge in [0, 0.05) is 0 Å². The Morgan fingerprint density at radius 1 is 0.833 bits per heavy atom. The van der Waals surface area contributed by atoms with E-state index in [1.807, 2.05) is 65.6 Å². The van der Waals surface area contributed by atoms with Crippen LogP contribution in [0.15, 0.2) is 70.1 Å². The van der Waals surface area contributed by atoms with Gasteiger partial charge in [-0.25, -0.2) is 0 Å². The molecule has 24 heavy (non-hydrogen) atoms. The summed E-state index contributed by atoms with van der Waals surface area (Å²) in [6.45, 7) is 2.18. The first kappa shape index (κ1) is 19.1. The van der Waals surface area contributed by atoms with Gasteiger partial charge in [0.05, 0.1) is 0 Å². The van der Waals surface area contributed by atoms with Crippen molar-refractivity contribution in [3.8, 4) is 0 Å². The van der Waals surface area contributed by atoms with Crippen molar-refractivity contribution >= 4 is 36.6 Å². The van der Waals surface area contributed by atoms with Crippen molar-refractivity contribution < 1.29 is 7.67 Å². The SMILES string of the molecule is CCCCCC/C(=C/[Se](=O)c1ccccc1)[Se](=O)c1ccccc1. The van der Waals surface area contributed by atoms with Gasteiger partial charge in [-0.3, -0.25) is 0 Å². The monoisotopic (exact) mass is 456 g/mol. The molecule has 0 radical (unpaired) electrons. The fourth-order valence-corrected chi connectivity index (χ4v) is 8.55. The average molecular weight is 454 g/mol. The predicted molar refractivity (Wildman–Crippen MR) is 102 cm³/mol. The van der Waals surface area contributed by atoms with E-state index in [-0.39, 0.29) is 0 Å². The van der Waals surface area contributed by atoms with Crippen LogP contribution in [0.25, 0.3) is 0 Å². The predicted octanol–water partition coefficient (Wildman–Crippen LogP) is 3.62. The molecule has 0 aliphatic carbocycles. The minimum absolute atomic E-state index is 0.790. The molecule has 0 heterocycles. The first-order valence-corrected chi connectivity index (χ1v) is 13.3. The zero-order valence-electron chi connectivity index (χ0n) is 14.0. The number of benzene rings is 2. The Morgan fingerprint density at radius 2 is 1.42 bits per heavy atom. The standard InChI is InChI=1S/C20H24O2Se2/c1-2-3-4-7-16-20(24(22)19-14-10-6-11-15-19)17-23(21)18-12-8-5-9-13-18/h5-6,8-15,17H,2-4,7,16H2,1H3/b20-17-. The van der Waals surface area contributed by atoms with Crippen LogP contribution >= 0.6 is 0 Å². The van der Waals surface area contributed by atoms with Gasteiger partial charge in [0.25, 0.3) is 0 Å². The minimum atomic E-state index is -2.31. The second-order valence-electron chi connectivity index (χ2n) is 5.59. The van der Waals surface area contributed by atoms with E-state index in [1.165, 1.54) is 12.8 Å². The average Bonchev–Trinajstić information content (AvgIpc) is 2.65. The molecule has 2 unspecified atom stereocenters. The topological polar surface area (TPSA) is 34.1 Å². The van der Waals surface area contributed by atoms with Crippen LogP contribution in [-0.2, 0) is 7.67 Å². The van der Waals surface area contributed by atoms with Gasteiger partial charge in [0.2, 0.25) is 0 Å².